The first-order chi connectivity index (χ1) is 12.1. The molecule has 0 bridgehead atoms. The number of carbonyl (C=O) groups excluding carboxylic acids is 2. The van der Waals surface area contributed by atoms with E-state index in [0.717, 1.165) is 24.8 Å². The van der Waals surface area contributed by atoms with E-state index in [0.29, 0.717) is 11.5 Å². The minimum atomic E-state index is -0.281. The SMILES string of the molecule is O=C(Nc1ccc(NC(=O)[C@H]2C[C@@H]2c2cccc(F)c2)cn1)C1CC1. The lowest BCUT2D eigenvalue weighted by Crippen LogP contribution is -2.16. The van der Waals surface area contributed by atoms with E-state index in [4.69, 9.17) is 0 Å². The van der Waals surface area contributed by atoms with Gasteiger partial charge in [0.05, 0.1) is 11.9 Å². The Labute approximate surface area is 144 Å². The molecule has 2 N–H and O–H groups in total. The van der Waals surface area contributed by atoms with Crippen molar-refractivity contribution < 1.29 is 14.0 Å². The molecule has 0 radical (unpaired) electrons. The van der Waals surface area contributed by atoms with E-state index < -0.39 is 0 Å². The summed E-state index contributed by atoms with van der Waals surface area (Å²) in [5.74, 6) is 0.161. The van der Waals surface area contributed by atoms with Gasteiger partial charge in [0, 0.05) is 11.8 Å². The Bertz CT molecular complexity index is 818. The molecule has 5 nitrogen and oxygen atoms in total. The lowest BCUT2D eigenvalue weighted by Gasteiger charge is -2.07. The maximum absolute atomic E-state index is 13.3. The number of halogens is 1. The van der Waals surface area contributed by atoms with Crippen LogP contribution in [0.25, 0.3) is 0 Å². The molecule has 2 aliphatic rings. The highest BCUT2D eigenvalue weighted by molar-refractivity contribution is 5.96. The van der Waals surface area contributed by atoms with E-state index in [-0.39, 0.29) is 35.4 Å². The van der Waals surface area contributed by atoms with Gasteiger partial charge < -0.3 is 10.6 Å². The van der Waals surface area contributed by atoms with Crippen LogP contribution in [-0.4, -0.2) is 16.8 Å². The fourth-order valence-corrected chi connectivity index (χ4v) is 2.94. The second-order valence-electron chi connectivity index (χ2n) is 6.69. The smallest absolute Gasteiger partial charge is 0.228 e. The minimum Gasteiger partial charge on any atom is -0.324 e. The second kappa shape index (κ2) is 6.27. The molecule has 0 spiro atoms. The number of aromatic nitrogens is 1. The van der Waals surface area contributed by atoms with Crippen LogP contribution in [0.1, 0.15) is 30.7 Å². The summed E-state index contributed by atoms with van der Waals surface area (Å²) in [5.41, 5.74) is 1.44. The van der Waals surface area contributed by atoms with Gasteiger partial charge in [0.1, 0.15) is 11.6 Å². The maximum Gasteiger partial charge on any atom is 0.228 e. The molecular formula is C19H18FN3O2. The van der Waals surface area contributed by atoms with Crippen LogP contribution in [0, 0.1) is 17.7 Å². The van der Waals surface area contributed by atoms with Crippen LogP contribution in [0.3, 0.4) is 0 Å². The Hall–Kier alpha value is -2.76. The Kier molecular flexibility index (Phi) is 3.95. The van der Waals surface area contributed by atoms with Gasteiger partial charge in [0.25, 0.3) is 0 Å². The number of hydrogen-bond donors (Lipinski definition) is 2. The van der Waals surface area contributed by atoms with E-state index in [1.807, 2.05) is 6.07 Å². The Balaban J connectivity index is 1.33. The summed E-state index contributed by atoms with van der Waals surface area (Å²) in [4.78, 5) is 28.1. The summed E-state index contributed by atoms with van der Waals surface area (Å²) in [6.07, 6.45) is 4.12. The fourth-order valence-electron chi connectivity index (χ4n) is 2.94. The minimum absolute atomic E-state index is 0.000186. The van der Waals surface area contributed by atoms with Crippen molar-refractivity contribution in [3.8, 4) is 0 Å². The predicted octanol–water partition coefficient (Wildman–Crippen LogP) is 3.31. The van der Waals surface area contributed by atoms with Gasteiger partial charge in [-0.05, 0) is 55.0 Å². The molecule has 2 fully saturated rings. The lowest BCUT2D eigenvalue weighted by molar-refractivity contribution is -0.118. The average Bonchev–Trinajstić information content (AvgIpc) is 3.48. The van der Waals surface area contributed by atoms with Crippen LogP contribution in [0.2, 0.25) is 0 Å². The van der Waals surface area contributed by atoms with E-state index >= 15 is 0 Å². The molecule has 1 heterocycles. The molecule has 2 atom stereocenters. The van der Waals surface area contributed by atoms with Crippen molar-refractivity contribution in [2.45, 2.75) is 25.2 Å². The van der Waals surface area contributed by atoms with Gasteiger partial charge in [-0.1, -0.05) is 12.1 Å². The summed E-state index contributed by atoms with van der Waals surface area (Å²) < 4.78 is 13.3. The highest BCUT2D eigenvalue weighted by Gasteiger charge is 2.44. The molecule has 0 unspecified atom stereocenters. The number of carbonyl (C=O) groups is 2. The Morgan fingerprint density at radius 1 is 1.08 bits per heavy atom. The highest BCUT2D eigenvalue weighted by Crippen LogP contribution is 2.48. The zero-order valence-electron chi connectivity index (χ0n) is 13.5. The van der Waals surface area contributed by atoms with Crippen molar-refractivity contribution in [2.24, 2.45) is 11.8 Å². The molecule has 4 rings (SSSR count). The van der Waals surface area contributed by atoms with Crippen LogP contribution >= 0.6 is 0 Å². The highest BCUT2D eigenvalue weighted by atomic mass is 19.1. The summed E-state index contributed by atoms with van der Waals surface area (Å²) in [7, 11) is 0. The van der Waals surface area contributed by atoms with Gasteiger partial charge in [-0.2, -0.15) is 0 Å². The molecule has 128 valence electrons. The van der Waals surface area contributed by atoms with Gasteiger partial charge in [-0.3, -0.25) is 9.59 Å². The Morgan fingerprint density at radius 3 is 2.60 bits per heavy atom. The van der Waals surface area contributed by atoms with E-state index in [2.05, 4.69) is 15.6 Å². The van der Waals surface area contributed by atoms with Crippen LogP contribution in [0.15, 0.2) is 42.6 Å². The van der Waals surface area contributed by atoms with Crippen molar-refractivity contribution >= 4 is 23.3 Å². The molecule has 25 heavy (non-hydrogen) atoms. The number of amides is 2. The first-order valence-corrected chi connectivity index (χ1v) is 8.43. The van der Waals surface area contributed by atoms with Gasteiger partial charge in [-0.15, -0.1) is 0 Å². The predicted molar refractivity (Wildman–Crippen MR) is 91.5 cm³/mol. The molecule has 1 aromatic carbocycles. The first-order valence-electron chi connectivity index (χ1n) is 8.43. The maximum atomic E-state index is 13.3. The third-order valence-electron chi connectivity index (χ3n) is 4.63. The van der Waals surface area contributed by atoms with Crippen LogP contribution in [0.4, 0.5) is 15.9 Å². The van der Waals surface area contributed by atoms with E-state index in [1.54, 1.807) is 18.2 Å². The summed E-state index contributed by atoms with van der Waals surface area (Å²) >= 11 is 0. The van der Waals surface area contributed by atoms with Crippen molar-refractivity contribution in [2.75, 3.05) is 10.6 Å². The van der Waals surface area contributed by atoms with Crippen molar-refractivity contribution in [3.63, 3.8) is 0 Å². The fraction of sp³-hybridized carbons (Fsp3) is 0.316. The van der Waals surface area contributed by atoms with Crippen LogP contribution < -0.4 is 10.6 Å². The average molecular weight is 339 g/mol. The standard InChI is InChI=1S/C19H18FN3O2/c20-13-3-1-2-12(8-13)15-9-16(15)19(25)22-14-6-7-17(21-10-14)23-18(24)11-4-5-11/h1-3,6-8,10-11,15-16H,4-5,9H2,(H,22,25)(H,21,23,24)/t15-,16+/m1/s1. The molecule has 2 aromatic rings. The van der Waals surface area contributed by atoms with E-state index in [9.17, 15) is 14.0 Å². The van der Waals surface area contributed by atoms with Crippen molar-refractivity contribution in [1.82, 2.24) is 4.98 Å². The normalized spacial score (nSPS) is 21.5. The molecule has 2 saturated carbocycles. The molecule has 2 aliphatic carbocycles. The third kappa shape index (κ3) is 3.68. The van der Waals surface area contributed by atoms with Gasteiger partial charge in [0.2, 0.25) is 11.8 Å². The summed E-state index contributed by atoms with van der Waals surface area (Å²) in [5, 5.41) is 5.58. The van der Waals surface area contributed by atoms with Gasteiger partial charge >= 0.3 is 0 Å². The number of rotatable bonds is 5. The van der Waals surface area contributed by atoms with Gasteiger partial charge in [0.15, 0.2) is 0 Å². The summed E-state index contributed by atoms with van der Waals surface area (Å²) in [6, 6.07) is 9.78. The summed E-state index contributed by atoms with van der Waals surface area (Å²) in [6.45, 7) is 0. The zero-order chi connectivity index (χ0) is 17.4. The lowest BCUT2D eigenvalue weighted by atomic mass is 10.1. The number of benzene rings is 1. The number of hydrogen-bond acceptors (Lipinski definition) is 3. The third-order valence-corrected chi connectivity index (χ3v) is 4.63. The number of anilines is 2. The van der Waals surface area contributed by atoms with Crippen molar-refractivity contribution in [1.29, 1.82) is 0 Å². The number of nitrogens with one attached hydrogen (secondary N) is 2. The number of nitrogens with zero attached hydrogens (tertiary/aromatic N) is 1. The first kappa shape index (κ1) is 15.7. The molecule has 6 heteroatoms. The quantitative estimate of drug-likeness (QED) is 0.878. The zero-order valence-corrected chi connectivity index (χ0v) is 13.5. The van der Waals surface area contributed by atoms with E-state index in [1.165, 1.54) is 18.3 Å². The van der Waals surface area contributed by atoms with Crippen molar-refractivity contribution in [3.05, 3.63) is 54.0 Å². The molecular weight excluding hydrogens is 321 g/mol. The monoisotopic (exact) mass is 339 g/mol. The van der Waals surface area contributed by atoms with Crippen LogP contribution in [0.5, 0.6) is 0 Å². The molecule has 0 aliphatic heterocycles. The largest absolute Gasteiger partial charge is 0.324 e. The topological polar surface area (TPSA) is 71.1 Å². The molecule has 0 saturated heterocycles. The number of pyridine rings is 1. The van der Waals surface area contributed by atoms with Crippen LogP contribution in [-0.2, 0) is 9.59 Å². The molecule has 2 amide bonds. The second-order valence-corrected chi connectivity index (χ2v) is 6.69. The molecule has 1 aromatic heterocycles. The Morgan fingerprint density at radius 2 is 1.92 bits per heavy atom. The van der Waals surface area contributed by atoms with Gasteiger partial charge in [-0.25, -0.2) is 9.37 Å².